The van der Waals surface area contributed by atoms with Crippen molar-refractivity contribution in [3.05, 3.63) is 64.7 Å². The van der Waals surface area contributed by atoms with E-state index >= 15 is 0 Å². The largest absolute Gasteiger partial charge is 0.497 e. The number of nitrogens with zero attached hydrogens (tertiary/aromatic N) is 1. The van der Waals surface area contributed by atoms with Gasteiger partial charge in [-0.2, -0.15) is 0 Å². The molecule has 0 atom stereocenters. The van der Waals surface area contributed by atoms with Crippen molar-refractivity contribution in [2.75, 3.05) is 7.11 Å². The molecular formula is C21H21NO3. The Morgan fingerprint density at radius 2 is 1.92 bits per heavy atom. The number of methoxy groups -OCH3 is 1. The van der Waals surface area contributed by atoms with Crippen molar-refractivity contribution >= 4 is 17.8 Å². The van der Waals surface area contributed by atoms with Gasteiger partial charge in [-0.15, -0.1) is 0 Å². The lowest BCUT2D eigenvalue weighted by Crippen LogP contribution is -2.30. The minimum atomic E-state index is -0.238. The third-order valence-corrected chi connectivity index (χ3v) is 4.39. The van der Waals surface area contributed by atoms with E-state index in [0.29, 0.717) is 11.1 Å². The number of Topliss-reactive ketones (excluding diaryl/α,β-unsaturated/α-hetero) is 1. The number of fused-ring (bicyclic) bond motifs is 1. The second kappa shape index (κ2) is 6.63. The number of aldehydes is 1. The van der Waals surface area contributed by atoms with Crippen LogP contribution in [0.4, 0.5) is 0 Å². The molecule has 2 aromatic carbocycles. The lowest BCUT2D eigenvalue weighted by Gasteiger charge is -2.29. The van der Waals surface area contributed by atoms with E-state index in [-0.39, 0.29) is 17.7 Å². The van der Waals surface area contributed by atoms with Gasteiger partial charge in [0.15, 0.2) is 5.78 Å². The van der Waals surface area contributed by atoms with Gasteiger partial charge < -0.3 is 4.74 Å². The van der Waals surface area contributed by atoms with Crippen LogP contribution in [0.3, 0.4) is 0 Å². The van der Waals surface area contributed by atoms with Crippen LogP contribution in [0.5, 0.6) is 5.75 Å². The Hall–Kier alpha value is -2.75. The van der Waals surface area contributed by atoms with Crippen LogP contribution in [0.25, 0.3) is 0 Å². The number of hydrogen-bond donors (Lipinski definition) is 0. The normalized spacial score (nSPS) is 15.1. The molecule has 0 N–H and O–H groups in total. The zero-order valence-corrected chi connectivity index (χ0v) is 14.7. The minimum Gasteiger partial charge on any atom is -0.497 e. The predicted molar refractivity (Wildman–Crippen MR) is 98.1 cm³/mol. The standard InChI is InChI=1S/C21H21NO3/c1-21(2)12-16-8-9-17(25-3)10-18(16)19(22-21)11-20(24)15-6-4-14(13-23)5-7-15/h4-10,13H,11-12H2,1-3H3. The van der Waals surface area contributed by atoms with Crippen molar-refractivity contribution in [3.8, 4) is 5.75 Å². The van der Waals surface area contributed by atoms with Crippen LogP contribution in [0.15, 0.2) is 47.5 Å². The van der Waals surface area contributed by atoms with Crippen molar-refractivity contribution in [1.82, 2.24) is 0 Å². The van der Waals surface area contributed by atoms with Gasteiger partial charge in [0.1, 0.15) is 12.0 Å². The average Bonchev–Trinajstić information content (AvgIpc) is 2.60. The maximum absolute atomic E-state index is 12.7. The predicted octanol–water partition coefficient (Wildman–Crippen LogP) is 3.90. The summed E-state index contributed by atoms with van der Waals surface area (Å²) >= 11 is 0. The zero-order valence-electron chi connectivity index (χ0n) is 14.7. The number of ketones is 1. The second-order valence-electron chi connectivity index (χ2n) is 6.91. The third kappa shape index (κ3) is 3.68. The van der Waals surface area contributed by atoms with E-state index in [0.717, 1.165) is 29.7 Å². The van der Waals surface area contributed by atoms with Gasteiger partial charge in [-0.25, -0.2) is 0 Å². The van der Waals surface area contributed by atoms with E-state index in [9.17, 15) is 9.59 Å². The summed E-state index contributed by atoms with van der Waals surface area (Å²) in [4.78, 5) is 28.3. The van der Waals surface area contributed by atoms with Gasteiger partial charge in [-0.05, 0) is 38.0 Å². The van der Waals surface area contributed by atoms with Crippen molar-refractivity contribution in [3.63, 3.8) is 0 Å². The van der Waals surface area contributed by atoms with Crippen LogP contribution < -0.4 is 4.74 Å². The van der Waals surface area contributed by atoms with E-state index < -0.39 is 0 Å². The van der Waals surface area contributed by atoms with E-state index in [1.54, 1.807) is 31.4 Å². The Bertz CT molecular complexity index is 848. The number of aliphatic imine (C=N–C) groups is 1. The van der Waals surface area contributed by atoms with Crippen LogP contribution in [0.2, 0.25) is 0 Å². The minimum absolute atomic E-state index is 0.0114. The van der Waals surface area contributed by atoms with Gasteiger partial charge in [-0.1, -0.05) is 30.3 Å². The Labute approximate surface area is 147 Å². The first-order valence-electron chi connectivity index (χ1n) is 8.26. The molecule has 0 aromatic heterocycles. The Morgan fingerprint density at radius 1 is 1.20 bits per heavy atom. The van der Waals surface area contributed by atoms with E-state index in [2.05, 4.69) is 13.8 Å². The fourth-order valence-corrected chi connectivity index (χ4v) is 3.17. The quantitative estimate of drug-likeness (QED) is 0.615. The summed E-state index contributed by atoms with van der Waals surface area (Å²) in [6.07, 6.45) is 1.83. The van der Waals surface area contributed by atoms with Gasteiger partial charge in [0.25, 0.3) is 0 Å². The van der Waals surface area contributed by atoms with Crippen molar-refractivity contribution < 1.29 is 14.3 Å². The number of ether oxygens (including phenoxy) is 1. The Balaban J connectivity index is 1.93. The Kier molecular flexibility index (Phi) is 4.53. The molecule has 0 unspecified atom stereocenters. The molecule has 1 heterocycles. The van der Waals surface area contributed by atoms with Crippen LogP contribution in [0, 0.1) is 0 Å². The maximum atomic E-state index is 12.7. The number of carbonyl (C=O) groups is 2. The molecule has 0 saturated heterocycles. The molecular weight excluding hydrogens is 314 g/mol. The number of carbonyl (C=O) groups excluding carboxylic acids is 2. The molecule has 0 amide bonds. The van der Waals surface area contributed by atoms with E-state index in [4.69, 9.17) is 9.73 Å². The highest BCUT2D eigenvalue weighted by molar-refractivity contribution is 6.17. The van der Waals surface area contributed by atoms with Gasteiger partial charge in [0.05, 0.1) is 24.8 Å². The molecule has 2 aromatic rings. The number of rotatable bonds is 5. The topological polar surface area (TPSA) is 55.7 Å². The molecule has 1 aliphatic heterocycles. The maximum Gasteiger partial charge on any atom is 0.168 e. The summed E-state index contributed by atoms with van der Waals surface area (Å²) < 4.78 is 5.32. The number of hydrogen-bond acceptors (Lipinski definition) is 4. The second-order valence-corrected chi connectivity index (χ2v) is 6.91. The molecule has 128 valence electrons. The van der Waals surface area contributed by atoms with Crippen LogP contribution in [-0.2, 0) is 6.42 Å². The highest BCUT2D eigenvalue weighted by Gasteiger charge is 2.28. The summed E-state index contributed by atoms with van der Waals surface area (Å²) in [5, 5.41) is 0. The van der Waals surface area contributed by atoms with Crippen LogP contribution in [0.1, 0.15) is 52.1 Å². The molecule has 4 nitrogen and oxygen atoms in total. The molecule has 1 aliphatic rings. The third-order valence-electron chi connectivity index (χ3n) is 4.39. The van der Waals surface area contributed by atoms with Gasteiger partial charge >= 0.3 is 0 Å². The zero-order chi connectivity index (χ0) is 18.0. The van der Waals surface area contributed by atoms with Crippen LogP contribution in [-0.4, -0.2) is 30.4 Å². The summed E-state index contributed by atoms with van der Waals surface area (Å²) in [5.74, 6) is 0.747. The molecule has 4 heteroatoms. The van der Waals surface area contributed by atoms with E-state index in [1.807, 2.05) is 18.2 Å². The summed E-state index contributed by atoms with van der Waals surface area (Å²) in [6, 6.07) is 12.6. The molecule has 25 heavy (non-hydrogen) atoms. The molecule has 0 fully saturated rings. The molecule has 0 aliphatic carbocycles. The highest BCUT2D eigenvalue weighted by Crippen LogP contribution is 2.30. The summed E-state index contributed by atoms with van der Waals surface area (Å²) in [6.45, 7) is 4.15. The first-order chi connectivity index (χ1) is 11.9. The average molecular weight is 335 g/mol. The van der Waals surface area contributed by atoms with Gasteiger partial charge in [0, 0.05) is 16.7 Å². The van der Waals surface area contributed by atoms with E-state index in [1.165, 1.54) is 5.56 Å². The molecule has 3 rings (SSSR count). The fraction of sp³-hybridized carbons (Fsp3) is 0.286. The molecule has 0 bridgehead atoms. The van der Waals surface area contributed by atoms with Crippen LogP contribution >= 0.6 is 0 Å². The lowest BCUT2D eigenvalue weighted by atomic mass is 9.85. The van der Waals surface area contributed by atoms with Crippen molar-refractivity contribution in [2.45, 2.75) is 32.2 Å². The monoisotopic (exact) mass is 335 g/mol. The molecule has 0 saturated carbocycles. The SMILES string of the molecule is COc1ccc2c(c1)C(CC(=O)c1ccc(C=O)cc1)=NC(C)(C)C2. The van der Waals surface area contributed by atoms with Crippen molar-refractivity contribution in [2.24, 2.45) is 4.99 Å². The van der Waals surface area contributed by atoms with Gasteiger partial charge in [-0.3, -0.25) is 14.6 Å². The number of benzene rings is 2. The first-order valence-corrected chi connectivity index (χ1v) is 8.26. The summed E-state index contributed by atoms with van der Waals surface area (Å²) in [7, 11) is 1.63. The van der Waals surface area contributed by atoms with Crippen molar-refractivity contribution in [1.29, 1.82) is 0 Å². The molecule has 0 radical (unpaired) electrons. The highest BCUT2D eigenvalue weighted by atomic mass is 16.5. The summed E-state index contributed by atoms with van der Waals surface area (Å²) in [5.41, 5.74) is 3.86. The van der Waals surface area contributed by atoms with Gasteiger partial charge in [0.2, 0.25) is 0 Å². The fourth-order valence-electron chi connectivity index (χ4n) is 3.17. The smallest absolute Gasteiger partial charge is 0.168 e. The Morgan fingerprint density at radius 3 is 2.56 bits per heavy atom. The molecule has 0 spiro atoms. The lowest BCUT2D eigenvalue weighted by molar-refractivity contribution is 0.0999. The first kappa shape index (κ1) is 17.1.